The molecule has 1 aromatic heterocycles. The van der Waals surface area contributed by atoms with E-state index in [4.69, 9.17) is 9.97 Å². The summed E-state index contributed by atoms with van der Waals surface area (Å²) in [5, 5.41) is 0. The van der Waals surface area contributed by atoms with Gasteiger partial charge in [-0.1, -0.05) is 32.0 Å². The zero-order valence-electron chi connectivity index (χ0n) is 19.9. The number of hydrogen-bond acceptors (Lipinski definition) is 4. The second kappa shape index (κ2) is 10.3. The highest BCUT2D eigenvalue weighted by molar-refractivity contribution is 5.94. The van der Waals surface area contributed by atoms with Gasteiger partial charge in [0.25, 0.3) is 5.91 Å². The van der Waals surface area contributed by atoms with Crippen molar-refractivity contribution in [2.75, 3.05) is 31.1 Å². The molecule has 2 heterocycles. The van der Waals surface area contributed by atoms with Crippen LogP contribution in [0.25, 0.3) is 0 Å². The molecule has 0 radical (unpaired) electrons. The first-order chi connectivity index (χ1) is 16.4. The first-order valence-corrected chi connectivity index (χ1v) is 11.8. The number of nitrogens with zero attached hydrogens (tertiary/aromatic N) is 4. The Morgan fingerprint density at radius 2 is 1.68 bits per heavy atom. The molecule has 178 valence electrons. The standard InChI is InChI=1S/C27H30F2N4O/c1-4-18(2)25-30-19(3)23(17-21-7-5-6-8-24(21)29)26(31-25)32-13-15-33(16-14-32)27(34)20-9-11-22(28)12-10-20/h5-12,18H,4,13-17H2,1-3H3/t18-/m0/s1. The van der Waals surface area contributed by atoms with Gasteiger partial charge in [-0.25, -0.2) is 18.7 Å². The fourth-order valence-electron chi connectivity index (χ4n) is 4.20. The van der Waals surface area contributed by atoms with Crippen LogP contribution in [-0.4, -0.2) is 47.0 Å². The fraction of sp³-hybridized carbons (Fsp3) is 0.370. The van der Waals surface area contributed by atoms with Crippen LogP contribution >= 0.6 is 0 Å². The number of piperazine rings is 1. The molecule has 1 saturated heterocycles. The number of halogens is 2. The van der Waals surface area contributed by atoms with E-state index in [1.54, 1.807) is 17.0 Å². The molecular weight excluding hydrogens is 434 g/mol. The molecule has 1 aliphatic rings. The molecule has 3 aromatic rings. The smallest absolute Gasteiger partial charge is 0.253 e. The van der Waals surface area contributed by atoms with E-state index in [0.29, 0.717) is 43.7 Å². The van der Waals surface area contributed by atoms with Gasteiger partial charge in [0.05, 0.1) is 0 Å². The molecule has 0 saturated carbocycles. The molecule has 0 N–H and O–H groups in total. The van der Waals surface area contributed by atoms with Crippen molar-refractivity contribution in [2.24, 2.45) is 0 Å². The quantitative estimate of drug-likeness (QED) is 0.508. The first kappa shape index (κ1) is 23.8. The summed E-state index contributed by atoms with van der Waals surface area (Å²) in [6.07, 6.45) is 1.33. The predicted octanol–water partition coefficient (Wildman–Crippen LogP) is 5.13. The highest BCUT2D eigenvalue weighted by Gasteiger charge is 2.26. The number of carbonyl (C=O) groups excluding carboxylic acids is 1. The van der Waals surface area contributed by atoms with Gasteiger partial charge in [0.1, 0.15) is 23.3 Å². The zero-order chi connectivity index (χ0) is 24.2. The van der Waals surface area contributed by atoms with Crippen molar-refractivity contribution in [1.82, 2.24) is 14.9 Å². The van der Waals surface area contributed by atoms with Crippen molar-refractivity contribution in [3.63, 3.8) is 0 Å². The van der Waals surface area contributed by atoms with Crippen LogP contribution < -0.4 is 4.90 Å². The van der Waals surface area contributed by atoms with Crippen LogP contribution in [0.5, 0.6) is 0 Å². The summed E-state index contributed by atoms with van der Waals surface area (Å²) in [6, 6.07) is 12.4. The largest absolute Gasteiger partial charge is 0.353 e. The molecule has 2 aromatic carbocycles. The summed E-state index contributed by atoms with van der Waals surface area (Å²) in [5.41, 5.74) is 2.85. The highest BCUT2D eigenvalue weighted by Crippen LogP contribution is 2.28. The minimum atomic E-state index is -0.361. The van der Waals surface area contributed by atoms with Gasteiger partial charge in [-0.15, -0.1) is 0 Å². The third-order valence-electron chi connectivity index (χ3n) is 6.55. The number of carbonyl (C=O) groups is 1. The summed E-state index contributed by atoms with van der Waals surface area (Å²) in [7, 11) is 0. The van der Waals surface area contributed by atoms with E-state index in [9.17, 15) is 13.6 Å². The van der Waals surface area contributed by atoms with E-state index in [0.717, 1.165) is 29.3 Å². The van der Waals surface area contributed by atoms with Gasteiger partial charge in [-0.3, -0.25) is 4.79 Å². The van der Waals surface area contributed by atoms with E-state index in [1.807, 2.05) is 13.0 Å². The maximum atomic E-state index is 14.4. The average Bonchev–Trinajstić information content (AvgIpc) is 2.86. The monoisotopic (exact) mass is 464 g/mol. The number of aromatic nitrogens is 2. The molecule has 1 fully saturated rings. The number of aryl methyl sites for hydroxylation is 1. The highest BCUT2D eigenvalue weighted by atomic mass is 19.1. The Kier molecular flexibility index (Phi) is 7.20. The molecule has 1 amide bonds. The maximum Gasteiger partial charge on any atom is 0.253 e. The van der Waals surface area contributed by atoms with Gasteiger partial charge in [0, 0.05) is 55.3 Å². The van der Waals surface area contributed by atoms with E-state index >= 15 is 0 Å². The Hall–Kier alpha value is -3.35. The predicted molar refractivity (Wildman–Crippen MR) is 129 cm³/mol. The lowest BCUT2D eigenvalue weighted by Crippen LogP contribution is -2.49. The number of rotatable bonds is 6. The molecular formula is C27H30F2N4O. The molecule has 0 bridgehead atoms. The molecule has 0 unspecified atom stereocenters. The first-order valence-electron chi connectivity index (χ1n) is 11.8. The van der Waals surface area contributed by atoms with Crippen LogP contribution in [0.3, 0.4) is 0 Å². The van der Waals surface area contributed by atoms with Crippen molar-refractivity contribution in [3.05, 3.63) is 88.4 Å². The maximum absolute atomic E-state index is 14.4. The Morgan fingerprint density at radius 3 is 2.32 bits per heavy atom. The normalized spacial score (nSPS) is 14.9. The Bertz CT molecular complexity index is 1160. The molecule has 7 heteroatoms. The third kappa shape index (κ3) is 5.08. The van der Waals surface area contributed by atoms with Crippen molar-refractivity contribution < 1.29 is 13.6 Å². The lowest BCUT2D eigenvalue weighted by Gasteiger charge is -2.36. The van der Waals surface area contributed by atoms with E-state index < -0.39 is 0 Å². The Morgan fingerprint density at radius 1 is 1.00 bits per heavy atom. The van der Waals surface area contributed by atoms with Gasteiger partial charge < -0.3 is 9.80 Å². The molecule has 4 rings (SSSR count). The number of hydrogen-bond donors (Lipinski definition) is 0. The Labute approximate surface area is 199 Å². The fourth-order valence-corrected chi connectivity index (χ4v) is 4.20. The van der Waals surface area contributed by atoms with E-state index in [1.165, 1.54) is 30.3 Å². The van der Waals surface area contributed by atoms with Gasteiger partial charge in [-0.05, 0) is 49.2 Å². The number of amides is 1. The van der Waals surface area contributed by atoms with Crippen molar-refractivity contribution >= 4 is 11.7 Å². The van der Waals surface area contributed by atoms with E-state index in [2.05, 4.69) is 18.7 Å². The molecule has 1 aliphatic heterocycles. The van der Waals surface area contributed by atoms with Crippen LogP contribution in [0.2, 0.25) is 0 Å². The molecule has 1 atom stereocenters. The summed E-state index contributed by atoms with van der Waals surface area (Å²) >= 11 is 0. The van der Waals surface area contributed by atoms with Gasteiger partial charge in [0.2, 0.25) is 0 Å². The summed E-state index contributed by atoms with van der Waals surface area (Å²) in [6.45, 7) is 8.43. The Balaban J connectivity index is 1.59. The van der Waals surface area contributed by atoms with Gasteiger partial charge in [0.15, 0.2) is 0 Å². The minimum Gasteiger partial charge on any atom is -0.353 e. The van der Waals surface area contributed by atoms with Crippen LogP contribution in [0.4, 0.5) is 14.6 Å². The van der Waals surface area contributed by atoms with Crippen LogP contribution in [-0.2, 0) is 6.42 Å². The summed E-state index contributed by atoms with van der Waals surface area (Å²) < 4.78 is 27.7. The molecule has 5 nitrogen and oxygen atoms in total. The minimum absolute atomic E-state index is 0.106. The lowest BCUT2D eigenvalue weighted by molar-refractivity contribution is 0.0746. The van der Waals surface area contributed by atoms with Crippen LogP contribution in [0.1, 0.15) is 59.2 Å². The zero-order valence-corrected chi connectivity index (χ0v) is 19.9. The van der Waals surface area contributed by atoms with Gasteiger partial charge >= 0.3 is 0 Å². The SMILES string of the molecule is CC[C@H](C)c1nc(C)c(Cc2ccccc2F)c(N2CCN(C(=O)c3ccc(F)cc3)CC2)n1. The van der Waals surface area contributed by atoms with Crippen molar-refractivity contribution in [3.8, 4) is 0 Å². The third-order valence-corrected chi connectivity index (χ3v) is 6.55. The summed E-state index contributed by atoms with van der Waals surface area (Å²) in [5.74, 6) is 1.11. The second-order valence-electron chi connectivity index (χ2n) is 8.83. The molecule has 0 spiro atoms. The molecule has 0 aliphatic carbocycles. The number of anilines is 1. The van der Waals surface area contributed by atoms with Crippen LogP contribution in [0.15, 0.2) is 48.5 Å². The van der Waals surface area contributed by atoms with Crippen molar-refractivity contribution in [2.45, 2.75) is 39.5 Å². The topological polar surface area (TPSA) is 49.3 Å². The lowest BCUT2D eigenvalue weighted by atomic mass is 10.0. The van der Waals surface area contributed by atoms with Crippen LogP contribution in [0, 0.1) is 18.6 Å². The number of benzene rings is 2. The second-order valence-corrected chi connectivity index (χ2v) is 8.83. The summed E-state index contributed by atoms with van der Waals surface area (Å²) in [4.78, 5) is 26.5. The van der Waals surface area contributed by atoms with Gasteiger partial charge in [-0.2, -0.15) is 0 Å². The average molecular weight is 465 g/mol. The molecule has 34 heavy (non-hydrogen) atoms. The van der Waals surface area contributed by atoms with E-state index in [-0.39, 0.29) is 23.5 Å². The van der Waals surface area contributed by atoms with Crippen molar-refractivity contribution in [1.29, 1.82) is 0 Å².